The highest BCUT2D eigenvalue weighted by Crippen LogP contribution is 2.35. The standard InChI is InChI=1S/C17H16BrNO2/c18-11-13-10-17(20)19(12-13)15-8-4-5-9-16(15)21-14-6-2-1-3-7-14/h1-9,13H,10-12H2. The van der Waals surface area contributed by atoms with Crippen LogP contribution in [0.3, 0.4) is 0 Å². The number of hydrogen-bond donors (Lipinski definition) is 0. The van der Waals surface area contributed by atoms with E-state index in [-0.39, 0.29) is 5.91 Å². The fourth-order valence-corrected chi connectivity index (χ4v) is 2.93. The van der Waals surface area contributed by atoms with Gasteiger partial charge >= 0.3 is 0 Å². The summed E-state index contributed by atoms with van der Waals surface area (Å²) in [5.74, 6) is 2.01. The van der Waals surface area contributed by atoms with Gasteiger partial charge in [-0.2, -0.15) is 0 Å². The van der Waals surface area contributed by atoms with Crippen LogP contribution in [0.1, 0.15) is 6.42 Å². The first-order chi connectivity index (χ1) is 10.3. The quantitative estimate of drug-likeness (QED) is 0.776. The number of ether oxygens (including phenoxy) is 1. The summed E-state index contributed by atoms with van der Waals surface area (Å²) < 4.78 is 5.93. The van der Waals surface area contributed by atoms with Crippen molar-refractivity contribution in [3.05, 3.63) is 54.6 Å². The molecule has 2 aromatic carbocycles. The molecule has 0 saturated carbocycles. The maximum atomic E-state index is 12.2. The van der Waals surface area contributed by atoms with E-state index in [1.165, 1.54) is 0 Å². The smallest absolute Gasteiger partial charge is 0.227 e. The van der Waals surface area contributed by atoms with Crippen molar-refractivity contribution in [1.82, 2.24) is 0 Å². The molecule has 1 heterocycles. The number of benzene rings is 2. The summed E-state index contributed by atoms with van der Waals surface area (Å²) in [6.45, 7) is 0.735. The molecule has 1 aliphatic rings. The first-order valence-electron chi connectivity index (χ1n) is 6.96. The average molecular weight is 346 g/mol. The molecule has 2 aromatic rings. The zero-order chi connectivity index (χ0) is 14.7. The lowest BCUT2D eigenvalue weighted by Crippen LogP contribution is -2.25. The lowest BCUT2D eigenvalue weighted by molar-refractivity contribution is -0.117. The number of nitrogens with zero attached hydrogens (tertiary/aromatic N) is 1. The van der Waals surface area contributed by atoms with Crippen LogP contribution in [0.15, 0.2) is 54.6 Å². The molecule has 1 fully saturated rings. The van der Waals surface area contributed by atoms with Crippen LogP contribution in [-0.4, -0.2) is 17.8 Å². The Morgan fingerprint density at radius 2 is 1.81 bits per heavy atom. The zero-order valence-corrected chi connectivity index (χ0v) is 13.1. The van der Waals surface area contributed by atoms with Gasteiger partial charge in [0.05, 0.1) is 5.69 Å². The van der Waals surface area contributed by atoms with Gasteiger partial charge in [-0.3, -0.25) is 4.79 Å². The van der Waals surface area contributed by atoms with E-state index in [1.807, 2.05) is 59.5 Å². The summed E-state index contributed by atoms with van der Waals surface area (Å²) in [7, 11) is 0. The summed E-state index contributed by atoms with van der Waals surface area (Å²) in [6.07, 6.45) is 0.588. The lowest BCUT2D eigenvalue weighted by Gasteiger charge is -2.20. The Morgan fingerprint density at radius 1 is 1.10 bits per heavy atom. The van der Waals surface area contributed by atoms with E-state index in [1.54, 1.807) is 0 Å². The maximum absolute atomic E-state index is 12.2. The number of carbonyl (C=O) groups is 1. The topological polar surface area (TPSA) is 29.5 Å². The maximum Gasteiger partial charge on any atom is 0.227 e. The third-order valence-corrected chi connectivity index (χ3v) is 4.47. The summed E-state index contributed by atoms with van der Waals surface area (Å²) in [5, 5.41) is 0.844. The lowest BCUT2D eigenvalue weighted by atomic mass is 10.2. The Kier molecular flexibility index (Phi) is 4.25. The van der Waals surface area contributed by atoms with Crippen molar-refractivity contribution >= 4 is 27.5 Å². The van der Waals surface area contributed by atoms with Crippen molar-refractivity contribution < 1.29 is 9.53 Å². The largest absolute Gasteiger partial charge is 0.455 e. The number of para-hydroxylation sites is 3. The predicted octanol–water partition coefficient (Wildman–Crippen LogP) is 4.23. The third-order valence-electron chi connectivity index (χ3n) is 3.55. The van der Waals surface area contributed by atoms with Gasteiger partial charge in [0.1, 0.15) is 5.75 Å². The van der Waals surface area contributed by atoms with Crippen molar-refractivity contribution in [1.29, 1.82) is 0 Å². The molecular formula is C17H16BrNO2. The van der Waals surface area contributed by atoms with Crippen molar-refractivity contribution in [2.75, 3.05) is 16.8 Å². The predicted molar refractivity (Wildman–Crippen MR) is 87.2 cm³/mol. The average Bonchev–Trinajstić information content (AvgIpc) is 2.90. The highest BCUT2D eigenvalue weighted by molar-refractivity contribution is 9.09. The van der Waals surface area contributed by atoms with Crippen LogP contribution in [0.2, 0.25) is 0 Å². The number of amides is 1. The van der Waals surface area contributed by atoms with E-state index < -0.39 is 0 Å². The number of rotatable bonds is 4. The fourth-order valence-electron chi connectivity index (χ4n) is 2.50. The molecule has 0 N–H and O–H groups in total. The highest BCUT2D eigenvalue weighted by atomic mass is 79.9. The molecule has 1 amide bonds. The van der Waals surface area contributed by atoms with Crippen LogP contribution in [0, 0.1) is 5.92 Å². The van der Waals surface area contributed by atoms with Crippen LogP contribution < -0.4 is 9.64 Å². The molecular weight excluding hydrogens is 330 g/mol. The van der Waals surface area contributed by atoms with E-state index in [0.717, 1.165) is 23.3 Å². The van der Waals surface area contributed by atoms with Gasteiger partial charge in [-0.05, 0) is 30.2 Å². The van der Waals surface area contributed by atoms with E-state index in [4.69, 9.17) is 4.74 Å². The number of carbonyl (C=O) groups excluding carboxylic acids is 1. The molecule has 1 atom stereocenters. The summed E-state index contributed by atoms with van der Waals surface area (Å²) in [4.78, 5) is 14.0. The summed E-state index contributed by atoms with van der Waals surface area (Å²) in [5.41, 5.74) is 0.842. The van der Waals surface area contributed by atoms with Crippen LogP contribution >= 0.6 is 15.9 Å². The molecule has 0 aromatic heterocycles. The molecule has 1 aliphatic heterocycles. The Bertz CT molecular complexity index is 630. The van der Waals surface area contributed by atoms with Crippen molar-refractivity contribution in [3.8, 4) is 11.5 Å². The number of alkyl halides is 1. The van der Waals surface area contributed by atoms with Crippen LogP contribution in [-0.2, 0) is 4.79 Å². The number of anilines is 1. The molecule has 0 spiro atoms. The SMILES string of the molecule is O=C1CC(CBr)CN1c1ccccc1Oc1ccccc1. The molecule has 1 saturated heterocycles. The molecule has 3 nitrogen and oxygen atoms in total. The Balaban J connectivity index is 1.88. The Labute approximate surface area is 132 Å². The zero-order valence-electron chi connectivity index (χ0n) is 11.5. The number of halogens is 1. The van der Waals surface area contributed by atoms with Gasteiger partial charge < -0.3 is 9.64 Å². The van der Waals surface area contributed by atoms with Crippen LogP contribution in [0.4, 0.5) is 5.69 Å². The van der Waals surface area contributed by atoms with Crippen LogP contribution in [0.5, 0.6) is 11.5 Å². The van der Waals surface area contributed by atoms with Gasteiger partial charge in [0.25, 0.3) is 0 Å². The minimum absolute atomic E-state index is 0.156. The van der Waals surface area contributed by atoms with Gasteiger partial charge in [-0.25, -0.2) is 0 Å². The second-order valence-corrected chi connectivity index (χ2v) is 5.76. The fraction of sp³-hybridized carbons (Fsp3) is 0.235. The van der Waals surface area contributed by atoms with Gasteiger partial charge in [0.2, 0.25) is 5.91 Å². The highest BCUT2D eigenvalue weighted by Gasteiger charge is 2.31. The second-order valence-electron chi connectivity index (χ2n) is 5.11. The first-order valence-corrected chi connectivity index (χ1v) is 8.08. The van der Waals surface area contributed by atoms with Gasteiger partial charge in [-0.1, -0.05) is 46.3 Å². The van der Waals surface area contributed by atoms with E-state index in [9.17, 15) is 4.79 Å². The molecule has 1 unspecified atom stereocenters. The Hall–Kier alpha value is -1.81. The van der Waals surface area contributed by atoms with Gasteiger partial charge in [0, 0.05) is 18.3 Å². The summed E-state index contributed by atoms with van der Waals surface area (Å²) >= 11 is 3.47. The minimum Gasteiger partial charge on any atom is -0.455 e. The van der Waals surface area contributed by atoms with Gasteiger partial charge in [0.15, 0.2) is 5.75 Å². The van der Waals surface area contributed by atoms with Crippen molar-refractivity contribution in [2.45, 2.75) is 6.42 Å². The summed E-state index contributed by atoms with van der Waals surface area (Å²) in [6, 6.07) is 17.3. The normalized spacial score (nSPS) is 18.0. The Morgan fingerprint density at radius 3 is 2.52 bits per heavy atom. The van der Waals surface area contributed by atoms with Gasteiger partial charge in [-0.15, -0.1) is 0 Å². The van der Waals surface area contributed by atoms with Crippen molar-refractivity contribution in [3.63, 3.8) is 0 Å². The molecule has 3 rings (SSSR count). The van der Waals surface area contributed by atoms with Crippen LogP contribution in [0.25, 0.3) is 0 Å². The van der Waals surface area contributed by atoms with E-state index in [0.29, 0.717) is 18.1 Å². The van der Waals surface area contributed by atoms with E-state index >= 15 is 0 Å². The molecule has 0 radical (unpaired) electrons. The molecule has 0 aliphatic carbocycles. The first kappa shape index (κ1) is 14.1. The third kappa shape index (κ3) is 3.10. The molecule has 21 heavy (non-hydrogen) atoms. The molecule has 4 heteroatoms. The monoisotopic (exact) mass is 345 g/mol. The molecule has 108 valence electrons. The molecule has 0 bridgehead atoms. The second kappa shape index (κ2) is 6.31. The van der Waals surface area contributed by atoms with E-state index in [2.05, 4.69) is 15.9 Å². The minimum atomic E-state index is 0.156. The number of hydrogen-bond acceptors (Lipinski definition) is 2. The van der Waals surface area contributed by atoms with Crippen molar-refractivity contribution in [2.24, 2.45) is 5.92 Å².